The Kier molecular flexibility index (Phi) is 3.33. The van der Waals surface area contributed by atoms with E-state index in [0.29, 0.717) is 18.0 Å². The first-order valence-electron chi connectivity index (χ1n) is 7.62. The number of halogens is 1. The Bertz CT molecular complexity index is 845. The number of fused-ring (bicyclic) bond motifs is 1. The number of benzene rings is 1. The van der Waals surface area contributed by atoms with Gasteiger partial charge in [0.25, 0.3) is 0 Å². The third-order valence-electron chi connectivity index (χ3n) is 4.12. The molecule has 2 aromatic heterocycles. The maximum absolute atomic E-state index is 13.4. The molecule has 0 spiro atoms. The molecule has 23 heavy (non-hydrogen) atoms. The van der Waals surface area contributed by atoms with Crippen molar-refractivity contribution in [1.29, 1.82) is 0 Å². The van der Waals surface area contributed by atoms with E-state index in [1.54, 1.807) is 13.1 Å². The quantitative estimate of drug-likeness (QED) is 0.723. The van der Waals surface area contributed by atoms with Crippen LogP contribution >= 0.6 is 0 Å². The van der Waals surface area contributed by atoms with E-state index in [4.69, 9.17) is 4.42 Å². The largest absolute Gasteiger partial charge is 0.439 e. The fourth-order valence-corrected chi connectivity index (χ4v) is 2.84. The Balaban J connectivity index is 1.62. The highest BCUT2D eigenvalue weighted by atomic mass is 19.1. The number of anilines is 1. The second-order valence-corrected chi connectivity index (χ2v) is 5.71. The van der Waals surface area contributed by atoms with Crippen LogP contribution in [0, 0.1) is 12.7 Å². The first kappa shape index (κ1) is 13.9. The molecule has 1 aliphatic rings. The zero-order chi connectivity index (χ0) is 15.8. The highest BCUT2D eigenvalue weighted by Crippen LogP contribution is 2.28. The molecule has 0 amide bonds. The Morgan fingerprint density at radius 2 is 2.13 bits per heavy atom. The first-order valence-corrected chi connectivity index (χ1v) is 7.62. The number of hydrogen-bond acceptors (Lipinski definition) is 4. The van der Waals surface area contributed by atoms with E-state index in [-0.39, 0.29) is 5.82 Å². The molecular weight excluding hydrogens is 293 g/mol. The van der Waals surface area contributed by atoms with E-state index in [1.807, 2.05) is 30.3 Å². The van der Waals surface area contributed by atoms with Crippen LogP contribution in [0.25, 0.3) is 11.6 Å². The highest BCUT2D eigenvalue weighted by molar-refractivity contribution is 5.52. The van der Waals surface area contributed by atoms with E-state index < -0.39 is 0 Å². The van der Waals surface area contributed by atoms with Crippen molar-refractivity contribution in [2.75, 3.05) is 11.4 Å². The smallest absolute Gasteiger partial charge is 0.245 e. The van der Waals surface area contributed by atoms with Gasteiger partial charge in [-0.2, -0.15) is 0 Å². The molecule has 4 rings (SSSR count). The number of hydrogen-bond donors (Lipinski definition) is 0. The number of rotatable bonds is 2. The number of aromatic nitrogens is 2. The minimum absolute atomic E-state index is 0.176. The molecule has 4 nitrogen and oxygen atoms in total. The van der Waals surface area contributed by atoms with Gasteiger partial charge < -0.3 is 9.32 Å². The minimum atomic E-state index is -0.176. The second-order valence-electron chi connectivity index (χ2n) is 5.71. The van der Waals surface area contributed by atoms with Crippen LogP contribution in [0.2, 0.25) is 0 Å². The summed E-state index contributed by atoms with van der Waals surface area (Å²) in [4.78, 5) is 11.1. The summed E-state index contributed by atoms with van der Waals surface area (Å²) in [6, 6.07) is 10.9. The monoisotopic (exact) mass is 309 g/mol. The topological polar surface area (TPSA) is 42.2 Å². The van der Waals surface area contributed by atoms with Crippen molar-refractivity contribution in [3.05, 3.63) is 65.4 Å². The van der Waals surface area contributed by atoms with Crippen LogP contribution in [0.1, 0.15) is 17.0 Å². The molecule has 5 heteroatoms. The normalized spacial score (nSPS) is 13.9. The van der Waals surface area contributed by atoms with Crippen LogP contribution in [0.15, 0.2) is 47.0 Å². The van der Waals surface area contributed by atoms with Gasteiger partial charge >= 0.3 is 0 Å². The Hall–Kier alpha value is -2.69. The summed E-state index contributed by atoms with van der Waals surface area (Å²) in [6.07, 6.45) is 2.51. The van der Waals surface area contributed by atoms with Gasteiger partial charge in [-0.3, -0.25) is 4.98 Å². The van der Waals surface area contributed by atoms with Gasteiger partial charge in [-0.1, -0.05) is 6.07 Å². The molecule has 0 bridgehead atoms. The van der Waals surface area contributed by atoms with Gasteiger partial charge in [-0.25, -0.2) is 9.37 Å². The van der Waals surface area contributed by atoms with Crippen molar-refractivity contribution in [3.8, 4) is 11.6 Å². The molecule has 3 heterocycles. The molecular formula is C18H16FN3O. The van der Waals surface area contributed by atoms with Crippen LogP contribution in [-0.4, -0.2) is 16.5 Å². The van der Waals surface area contributed by atoms with Gasteiger partial charge in [-0.15, -0.1) is 0 Å². The van der Waals surface area contributed by atoms with E-state index in [1.165, 1.54) is 6.07 Å². The first-order chi connectivity index (χ1) is 11.2. The van der Waals surface area contributed by atoms with Gasteiger partial charge in [0, 0.05) is 24.8 Å². The van der Waals surface area contributed by atoms with Gasteiger partial charge in [0.2, 0.25) is 5.89 Å². The predicted molar refractivity (Wildman–Crippen MR) is 85.6 cm³/mol. The maximum Gasteiger partial charge on any atom is 0.245 e. The lowest BCUT2D eigenvalue weighted by atomic mass is 10.1. The average molecular weight is 309 g/mol. The number of oxazole rings is 1. The van der Waals surface area contributed by atoms with Crippen LogP contribution in [-0.2, 0) is 13.0 Å². The van der Waals surface area contributed by atoms with E-state index in [0.717, 1.165) is 35.8 Å². The van der Waals surface area contributed by atoms with E-state index in [2.05, 4.69) is 14.9 Å². The number of aryl methyl sites for hydroxylation is 1. The molecule has 0 aliphatic carbocycles. The van der Waals surface area contributed by atoms with Crippen molar-refractivity contribution in [2.45, 2.75) is 19.9 Å². The van der Waals surface area contributed by atoms with Crippen LogP contribution < -0.4 is 4.90 Å². The molecule has 0 radical (unpaired) electrons. The summed E-state index contributed by atoms with van der Waals surface area (Å²) < 4.78 is 19.3. The molecule has 1 aliphatic heterocycles. The molecule has 0 atom stereocenters. The van der Waals surface area contributed by atoms with Crippen LogP contribution in [0.5, 0.6) is 0 Å². The van der Waals surface area contributed by atoms with Crippen molar-refractivity contribution in [2.24, 2.45) is 0 Å². The highest BCUT2D eigenvalue weighted by Gasteiger charge is 2.23. The third-order valence-corrected chi connectivity index (χ3v) is 4.12. The molecule has 1 aromatic carbocycles. The number of pyridine rings is 1. The van der Waals surface area contributed by atoms with Crippen LogP contribution in [0.4, 0.5) is 10.1 Å². The second kappa shape index (κ2) is 5.50. The molecule has 3 aromatic rings. The van der Waals surface area contributed by atoms with Crippen LogP contribution in [0.3, 0.4) is 0 Å². The summed E-state index contributed by atoms with van der Waals surface area (Å²) in [5.41, 5.74) is 3.34. The Morgan fingerprint density at radius 1 is 1.22 bits per heavy atom. The summed E-state index contributed by atoms with van der Waals surface area (Å²) in [5.74, 6) is 1.30. The summed E-state index contributed by atoms with van der Waals surface area (Å²) in [7, 11) is 0. The zero-order valence-electron chi connectivity index (χ0n) is 12.8. The minimum Gasteiger partial charge on any atom is -0.439 e. The predicted octanol–water partition coefficient (Wildman–Crippen LogP) is 3.75. The SMILES string of the molecule is Cc1cc(N2CCc3oc(-c4ccccn4)nc3C2)ccc1F. The van der Waals surface area contributed by atoms with Gasteiger partial charge in [-0.05, 0) is 42.8 Å². The van der Waals surface area contributed by atoms with E-state index in [9.17, 15) is 4.39 Å². The molecule has 0 N–H and O–H groups in total. The maximum atomic E-state index is 13.4. The lowest BCUT2D eigenvalue weighted by Gasteiger charge is -2.27. The molecule has 0 saturated heterocycles. The number of nitrogens with zero attached hydrogens (tertiary/aromatic N) is 3. The van der Waals surface area contributed by atoms with Crippen molar-refractivity contribution < 1.29 is 8.81 Å². The fraction of sp³-hybridized carbons (Fsp3) is 0.222. The van der Waals surface area contributed by atoms with Gasteiger partial charge in [0.1, 0.15) is 23.0 Å². The molecule has 116 valence electrons. The Morgan fingerprint density at radius 3 is 2.91 bits per heavy atom. The standard InChI is InChI=1S/C18H16FN3O/c1-12-10-13(5-6-14(12)19)22-9-7-17-16(11-22)21-18(23-17)15-4-2-3-8-20-15/h2-6,8,10H,7,9,11H2,1H3. The lowest BCUT2D eigenvalue weighted by Crippen LogP contribution is -2.30. The molecule has 0 saturated carbocycles. The van der Waals surface area contributed by atoms with Gasteiger partial charge in [0.05, 0.1) is 6.54 Å². The summed E-state index contributed by atoms with van der Waals surface area (Å²) in [6.45, 7) is 3.27. The van der Waals surface area contributed by atoms with Crippen molar-refractivity contribution in [3.63, 3.8) is 0 Å². The fourth-order valence-electron chi connectivity index (χ4n) is 2.84. The average Bonchev–Trinajstić information content (AvgIpc) is 3.01. The summed E-state index contributed by atoms with van der Waals surface area (Å²) >= 11 is 0. The third kappa shape index (κ3) is 2.59. The Labute approximate surface area is 133 Å². The molecule has 0 unspecified atom stereocenters. The molecule has 0 fully saturated rings. The zero-order valence-corrected chi connectivity index (χ0v) is 12.8. The van der Waals surface area contributed by atoms with Crippen molar-refractivity contribution in [1.82, 2.24) is 9.97 Å². The lowest BCUT2D eigenvalue weighted by molar-refractivity contribution is 0.498. The van der Waals surface area contributed by atoms with E-state index >= 15 is 0 Å². The van der Waals surface area contributed by atoms with Crippen molar-refractivity contribution >= 4 is 5.69 Å². The van der Waals surface area contributed by atoms with Gasteiger partial charge in [0.15, 0.2) is 0 Å². The summed E-state index contributed by atoms with van der Waals surface area (Å²) in [5, 5.41) is 0.